The van der Waals surface area contributed by atoms with E-state index < -0.39 is 10.0 Å². The van der Waals surface area contributed by atoms with E-state index in [1.54, 1.807) is 6.20 Å². The highest BCUT2D eigenvalue weighted by atomic mass is 32.2. The number of hydrogen-bond acceptors (Lipinski definition) is 6. The van der Waals surface area contributed by atoms with Gasteiger partial charge < -0.3 is 4.90 Å². The topological polar surface area (TPSA) is 71.3 Å². The molecule has 0 spiro atoms. The van der Waals surface area contributed by atoms with Gasteiger partial charge in [0.05, 0.1) is 11.1 Å². The van der Waals surface area contributed by atoms with E-state index in [-0.39, 0.29) is 11.2 Å². The summed E-state index contributed by atoms with van der Waals surface area (Å²) in [5.41, 5.74) is 2.74. The molecule has 0 bridgehead atoms. The lowest BCUT2D eigenvalue weighted by atomic mass is 9.76. The minimum absolute atomic E-state index is 0.0736. The number of fused-ring (bicyclic) bond motifs is 2. The average molecular weight is 502 g/mol. The molecular weight excluding hydrogens is 470 g/mol. The molecule has 0 unspecified atom stereocenters. The third-order valence-electron chi connectivity index (χ3n) is 7.97. The van der Waals surface area contributed by atoms with Gasteiger partial charge in [0, 0.05) is 31.9 Å². The van der Waals surface area contributed by atoms with Gasteiger partial charge in [-0.05, 0) is 42.0 Å². The minimum atomic E-state index is -3.62. The highest BCUT2D eigenvalue weighted by Gasteiger charge is 2.47. The highest BCUT2D eigenvalue weighted by molar-refractivity contribution is 7.89. The van der Waals surface area contributed by atoms with Gasteiger partial charge >= 0.3 is 0 Å². The third kappa shape index (κ3) is 4.18. The van der Waals surface area contributed by atoms with E-state index in [0.29, 0.717) is 11.7 Å². The Hall–Kier alpha value is -3.23. The van der Waals surface area contributed by atoms with Crippen molar-refractivity contribution >= 4 is 26.9 Å². The van der Waals surface area contributed by atoms with Gasteiger partial charge in [-0.3, -0.25) is 4.90 Å². The maximum absolute atomic E-state index is 13.3. The van der Waals surface area contributed by atoms with Gasteiger partial charge in [-0.1, -0.05) is 67.6 Å². The number of nitrogens with zero attached hydrogens (tertiary/aromatic N) is 5. The van der Waals surface area contributed by atoms with Gasteiger partial charge in [-0.2, -0.15) is 0 Å². The smallest absolute Gasteiger partial charge is 0.244 e. The van der Waals surface area contributed by atoms with Crippen molar-refractivity contribution in [2.24, 2.45) is 5.41 Å². The molecule has 186 valence electrons. The van der Waals surface area contributed by atoms with E-state index in [0.717, 1.165) is 55.8 Å². The number of rotatable bonds is 6. The van der Waals surface area contributed by atoms with Crippen molar-refractivity contribution in [3.8, 4) is 0 Å². The maximum Gasteiger partial charge on any atom is 0.244 e. The summed E-state index contributed by atoms with van der Waals surface area (Å²) in [5, 5.41) is 0.790. The van der Waals surface area contributed by atoms with Crippen LogP contribution in [-0.2, 0) is 22.3 Å². The Balaban J connectivity index is 1.30. The van der Waals surface area contributed by atoms with Crippen molar-refractivity contribution in [1.29, 1.82) is 0 Å². The molecule has 2 aliphatic heterocycles. The molecule has 2 saturated heterocycles. The number of anilines is 1. The first-order valence-electron chi connectivity index (χ1n) is 12.6. The zero-order valence-corrected chi connectivity index (χ0v) is 21.3. The molecule has 2 aliphatic rings. The largest absolute Gasteiger partial charge is 0.351 e. The van der Waals surface area contributed by atoms with E-state index in [1.165, 1.54) is 15.9 Å². The fourth-order valence-electron chi connectivity index (χ4n) is 5.90. The molecular formula is C28H31N5O2S. The molecule has 7 nitrogen and oxygen atoms in total. The van der Waals surface area contributed by atoms with Gasteiger partial charge in [0.15, 0.2) is 5.65 Å². The van der Waals surface area contributed by atoms with Crippen molar-refractivity contribution in [2.45, 2.75) is 38.1 Å². The van der Waals surface area contributed by atoms with Crippen LogP contribution in [0.25, 0.3) is 11.0 Å². The van der Waals surface area contributed by atoms with Crippen LogP contribution in [0.3, 0.4) is 0 Å². The molecule has 4 aromatic rings. The summed E-state index contributed by atoms with van der Waals surface area (Å²) in [6.45, 7) is 6.29. The Morgan fingerprint density at radius 1 is 0.917 bits per heavy atom. The Labute approximate surface area is 212 Å². The first-order valence-corrected chi connectivity index (χ1v) is 14.2. The molecule has 36 heavy (non-hydrogen) atoms. The Morgan fingerprint density at radius 2 is 1.61 bits per heavy atom. The standard InChI is InChI=1S/C28H31N5O2S/c1-28-13-16-31(18-22-8-4-2-5-9-22)19-25(28)32(17-14-28)26-24-12-15-33(27(24)30-21-29-26)36(34,35)20-23-10-6-3-7-11-23/h2-12,15,21,25H,13-14,16-20H2,1H3/t25-,28-/m0/s1. The van der Waals surface area contributed by atoms with Crippen molar-refractivity contribution in [3.05, 3.63) is 90.4 Å². The van der Waals surface area contributed by atoms with E-state index in [2.05, 4.69) is 57.0 Å². The van der Waals surface area contributed by atoms with E-state index in [4.69, 9.17) is 0 Å². The number of aromatic nitrogens is 3. The lowest BCUT2D eigenvalue weighted by Crippen LogP contribution is -2.52. The maximum atomic E-state index is 13.3. The number of piperidine rings is 1. The summed E-state index contributed by atoms with van der Waals surface area (Å²) in [5.74, 6) is 0.763. The second kappa shape index (κ2) is 9.01. The number of benzene rings is 2. The fraction of sp³-hybridized carbons (Fsp3) is 0.357. The van der Waals surface area contributed by atoms with Crippen LogP contribution in [-0.4, -0.2) is 52.9 Å². The Kier molecular flexibility index (Phi) is 5.80. The minimum Gasteiger partial charge on any atom is -0.351 e. The van der Waals surface area contributed by atoms with Crippen LogP contribution in [0.5, 0.6) is 0 Å². The summed E-state index contributed by atoms with van der Waals surface area (Å²) in [6.07, 6.45) is 5.38. The summed E-state index contributed by atoms with van der Waals surface area (Å²) in [6, 6.07) is 22.1. The van der Waals surface area contributed by atoms with Crippen molar-refractivity contribution in [2.75, 3.05) is 24.5 Å². The quantitative estimate of drug-likeness (QED) is 0.392. The SMILES string of the molecule is C[C@@]12CCN(Cc3ccccc3)C[C@@H]1N(c1ncnc3c1ccn3S(=O)(=O)Cc1ccccc1)CC2. The predicted octanol–water partition coefficient (Wildman–Crippen LogP) is 4.30. The van der Waals surface area contributed by atoms with Crippen LogP contribution < -0.4 is 4.90 Å². The van der Waals surface area contributed by atoms with Crippen molar-refractivity contribution < 1.29 is 8.42 Å². The van der Waals surface area contributed by atoms with E-state index >= 15 is 0 Å². The lowest BCUT2D eigenvalue weighted by Gasteiger charge is -2.44. The zero-order valence-electron chi connectivity index (χ0n) is 20.5. The van der Waals surface area contributed by atoms with Crippen molar-refractivity contribution in [3.63, 3.8) is 0 Å². The molecule has 2 fully saturated rings. The van der Waals surface area contributed by atoms with Crippen LogP contribution in [0.4, 0.5) is 5.82 Å². The Morgan fingerprint density at radius 3 is 2.36 bits per heavy atom. The zero-order chi connectivity index (χ0) is 24.8. The summed E-state index contributed by atoms with van der Waals surface area (Å²) < 4.78 is 27.9. The van der Waals surface area contributed by atoms with Gasteiger partial charge in [0.2, 0.25) is 10.0 Å². The van der Waals surface area contributed by atoms with Crippen LogP contribution in [0.15, 0.2) is 79.3 Å². The van der Waals surface area contributed by atoms with Gasteiger partial charge in [0.1, 0.15) is 12.1 Å². The van der Waals surface area contributed by atoms with E-state index in [9.17, 15) is 8.42 Å². The monoisotopic (exact) mass is 501 g/mol. The van der Waals surface area contributed by atoms with Crippen LogP contribution >= 0.6 is 0 Å². The van der Waals surface area contributed by atoms with Crippen LogP contribution in [0, 0.1) is 5.41 Å². The van der Waals surface area contributed by atoms with Gasteiger partial charge in [-0.15, -0.1) is 0 Å². The second-order valence-corrected chi connectivity index (χ2v) is 12.2. The highest BCUT2D eigenvalue weighted by Crippen LogP contribution is 2.45. The second-order valence-electron chi connectivity index (χ2n) is 10.4. The molecule has 2 aromatic carbocycles. The molecule has 0 saturated carbocycles. The predicted molar refractivity (Wildman–Crippen MR) is 142 cm³/mol. The normalized spacial score (nSPS) is 22.7. The van der Waals surface area contributed by atoms with Crippen molar-refractivity contribution in [1.82, 2.24) is 18.8 Å². The molecule has 0 N–H and O–H groups in total. The first-order chi connectivity index (χ1) is 17.4. The molecule has 0 radical (unpaired) electrons. The molecule has 8 heteroatoms. The molecule has 6 rings (SSSR count). The fourth-order valence-corrected chi connectivity index (χ4v) is 7.30. The van der Waals surface area contributed by atoms with E-state index in [1.807, 2.05) is 36.4 Å². The Bertz CT molecular complexity index is 1470. The number of hydrogen-bond donors (Lipinski definition) is 0. The summed E-state index contributed by atoms with van der Waals surface area (Å²) in [4.78, 5) is 14.0. The molecule has 0 aliphatic carbocycles. The lowest BCUT2D eigenvalue weighted by molar-refractivity contribution is 0.106. The summed E-state index contributed by atoms with van der Waals surface area (Å²) in [7, 11) is -3.62. The van der Waals surface area contributed by atoms with Gasteiger partial charge in [0.25, 0.3) is 0 Å². The summed E-state index contributed by atoms with van der Waals surface area (Å²) >= 11 is 0. The molecule has 4 heterocycles. The van der Waals surface area contributed by atoms with Crippen LogP contribution in [0.1, 0.15) is 30.9 Å². The molecule has 0 amide bonds. The molecule has 2 atom stereocenters. The average Bonchev–Trinajstić information content (AvgIpc) is 3.47. The van der Waals surface area contributed by atoms with Crippen LogP contribution in [0.2, 0.25) is 0 Å². The number of likely N-dealkylation sites (tertiary alicyclic amines) is 1. The third-order valence-corrected chi connectivity index (χ3v) is 9.57. The van der Waals surface area contributed by atoms with Gasteiger partial charge in [-0.25, -0.2) is 22.4 Å². The first kappa shape index (κ1) is 23.2. The molecule has 2 aromatic heterocycles.